The summed E-state index contributed by atoms with van der Waals surface area (Å²) in [6.45, 7) is 4.66. The molecule has 6 heteroatoms. The Balaban J connectivity index is 0.00000220. The highest BCUT2D eigenvalue weighted by Gasteiger charge is 2.18. The Morgan fingerprint density at radius 1 is 1.33 bits per heavy atom. The maximum atomic E-state index is 11.9. The molecular formula is C15H20ClN3O2. The minimum absolute atomic E-state index is 0. The van der Waals surface area contributed by atoms with Crippen molar-refractivity contribution in [3.8, 4) is 5.75 Å². The van der Waals surface area contributed by atoms with E-state index in [9.17, 15) is 4.79 Å². The summed E-state index contributed by atoms with van der Waals surface area (Å²) >= 11 is 0. The van der Waals surface area contributed by atoms with Gasteiger partial charge in [0.1, 0.15) is 5.75 Å². The molecule has 1 aromatic carbocycles. The molecule has 0 atom stereocenters. The van der Waals surface area contributed by atoms with Crippen molar-refractivity contribution >= 4 is 30.3 Å². The number of fused-ring (bicyclic) bond motifs is 1. The minimum atomic E-state index is -0.406. The fraction of sp³-hybridized carbons (Fsp3) is 0.333. The van der Waals surface area contributed by atoms with Crippen molar-refractivity contribution < 1.29 is 9.53 Å². The van der Waals surface area contributed by atoms with Crippen molar-refractivity contribution in [3.63, 3.8) is 0 Å². The van der Waals surface area contributed by atoms with Crippen LogP contribution < -0.4 is 16.2 Å². The number of nitrogens with two attached hydrogens (primary N) is 2. The highest BCUT2D eigenvalue weighted by molar-refractivity contribution is 6.04. The molecule has 0 fully saturated rings. The van der Waals surface area contributed by atoms with Crippen molar-refractivity contribution in [2.75, 3.05) is 6.61 Å². The van der Waals surface area contributed by atoms with Crippen LogP contribution in [0.25, 0.3) is 6.08 Å². The smallest absolute Gasteiger partial charge is 0.276 e. The molecule has 2 rings (SSSR count). The first-order valence-electron chi connectivity index (χ1n) is 6.59. The van der Waals surface area contributed by atoms with Gasteiger partial charge in [-0.3, -0.25) is 4.79 Å². The first-order valence-corrected chi connectivity index (χ1v) is 6.59. The lowest BCUT2D eigenvalue weighted by molar-refractivity contribution is -0.114. The molecule has 1 aliphatic rings. The van der Waals surface area contributed by atoms with E-state index < -0.39 is 5.91 Å². The second-order valence-corrected chi connectivity index (χ2v) is 5.03. The highest BCUT2D eigenvalue weighted by atomic mass is 35.5. The number of rotatable bonds is 2. The van der Waals surface area contributed by atoms with Gasteiger partial charge in [-0.1, -0.05) is 32.0 Å². The zero-order valence-corrected chi connectivity index (χ0v) is 12.9. The molecule has 5 nitrogen and oxygen atoms in total. The van der Waals surface area contributed by atoms with Crippen molar-refractivity contribution in [2.45, 2.75) is 26.2 Å². The van der Waals surface area contributed by atoms with Crippen molar-refractivity contribution in [1.82, 2.24) is 0 Å². The molecule has 0 unspecified atom stereocenters. The molecule has 1 heterocycles. The van der Waals surface area contributed by atoms with Crippen LogP contribution in [0.2, 0.25) is 0 Å². The molecule has 0 radical (unpaired) electrons. The third-order valence-corrected chi connectivity index (χ3v) is 3.15. The normalized spacial score (nSPS) is 13.2. The topological polar surface area (TPSA) is 90.7 Å². The average molecular weight is 310 g/mol. The molecule has 1 amide bonds. The number of benzene rings is 1. The van der Waals surface area contributed by atoms with E-state index in [1.54, 1.807) is 0 Å². The number of nitrogens with zero attached hydrogens (tertiary/aromatic N) is 1. The molecule has 1 aliphatic heterocycles. The van der Waals surface area contributed by atoms with E-state index in [2.05, 4.69) is 18.8 Å². The summed E-state index contributed by atoms with van der Waals surface area (Å²) in [5, 5.41) is 0. The Kier molecular flexibility index (Phi) is 5.79. The quantitative estimate of drug-likeness (QED) is 0.647. The van der Waals surface area contributed by atoms with Crippen LogP contribution in [0.15, 0.2) is 28.8 Å². The zero-order valence-electron chi connectivity index (χ0n) is 12.1. The summed E-state index contributed by atoms with van der Waals surface area (Å²) in [5.41, 5.74) is 13.1. The van der Waals surface area contributed by atoms with Gasteiger partial charge in [-0.15, -0.1) is 12.4 Å². The van der Waals surface area contributed by atoms with Gasteiger partial charge >= 0.3 is 0 Å². The molecule has 114 valence electrons. The summed E-state index contributed by atoms with van der Waals surface area (Å²) in [7, 11) is 0. The van der Waals surface area contributed by atoms with E-state index in [4.69, 9.17) is 16.2 Å². The maximum Gasteiger partial charge on any atom is 0.276 e. The zero-order chi connectivity index (χ0) is 14.7. The summed E-state index contributed by atoms with van der Waals surface area (Å²) in [6, 6.07) is 5.93. The number of ether oxygens (including phenoxy) is 1. The van der Waals surface area contributed by atoms with Crippen LogP contribution in [0.1, 0.15) is 37.3 Å². The van der Waals surface area contributed by atoms with Crippen molar-refractivity contribution in [1.29, 1.82) is 0 Å². The van der Waals surface area contributed by atoms with Crippen LogP contribution in [0.5, 0.6) is 5.75 Å². The molecule has 0 aliphatic carbocycles. The number of para-hydroxylation sites is 1. The fourth-order valence-corrected chi connectivity index (χ4v) is 2.19. The van der Waals surface area contributed by atoms with Crippen molar-refractivity contribution in [3.05, 3.63) is 34.9 Å². The number of amides is 1. The van der Waals surface area contributed by atoms with Gasteiger partial charge in [0.2, 0.25) is 0 Å². The molecule has 0 saturated heterocycles. The number of aliphatic imine (C=N–C) groups is 1. The van der Waals surface area contributed by atoms with E-state index >= 15 is 0 Å². The number of guanidine groups is 1. The van der Waals surface area contributed by atoms with Gasteiger partial charge in [-0.2, -0.15) is 4.99 Å². The van der Waals surface area contributed by atoms with E-state index in [-0.39, 0.29) is 18.4 Å². The molecular weight excluding hydrogens is 290 g/mol. The number of halogens is 1. The van der Waals surface area contributed by atoms with Gasteiger partial charge in [-0.05, 0) is 17.6 Å². The lowest BCUT2D eigenvalue weighted by atomic mass is 9.98. The molecule has 4 N–H and O–H groups in total. The Hall–Kier alpha value is -2.01. The number of hydrogen-bond donors (Lipinski definition) is 2. The van der Waals surface area contributed by atoms with Crippen LogP contribution in [0.3, 0.4) is 0 Å². The molecule has 0 aromatic heterocycles. The second kappa shape index (κ2) is 7.13. The Morgan fingerprint density at radius 3 is 2.67 bits per heavy atom. The van der Waals surface area contributed by atoms with E-state index in [0.717, 1.165) is 16.9 Å². The standard InChI is InChI=1S/C15H19N3O2.ClH/c1-9(2)12-5-3-4-10-8-11(6-7-20-13(10)12)14(19)18-15(16)17;/h3-5,8-9H,6-7H2,1-2H3,(H4,16,17,18,19);1H. The molecule has 0 spiro atoms. The third kappa shape index (κ3) is 3.98. The van der Waals surface area contributed by atoms with Crippen LogP contribution in [0.4, 0.5) is 0 Å². The molecule has 21 heavy (non-hydrogen) atoms. The molecule has 1 aromatic rings. The Bertz CT molecular complexity index is 591. The summed E-state index contributed by atoms with van der Waals surface area (Å²) in [5.74, 6) is 0.567. The van der Waals surface area contributed by atoms with Crippen LogP contribution >= 0.6 is 12.4 Å². The van der Waals surface area contributed by atoms with Crippen LogP contribution in [0, 0.1) is 0 Å². The summed E-state index contributed by atoms with van der Waals surface area (Å²) in [4.78, 5) is 15.5. The fourth-order valence-electron chi connectivity index (χ4n) is 2.19. The van der Waals surface area contributed by atoms with Gasteiger partial charge in [0.15, 0.2) is 5.96 Å². The largest absolute Gasteiger partial charge is 0.492 e. The minimum Gasteiger partial charge on any atom is -0.492 e. The summed E-state index contributed by atoms with van der Waals surface area (Å²) in [6.07, 6.45) is 2.30. The Labute approximate surface area is 130 Å². The number of carbonyl (C=O) groups is 1. The van der Waals surface area contributed by atoms with Crippen LogP contribution in [-0.4, -0.2) is 18.5 Å². The third-order valence-electron chi connectivity index (χ3n) is 3.15. The second-order valence-electron chi connectivity index (χ2n) is 5.03. The highest BCUT2D eigenvalue weighted by Crippen LogP contribution is 2.34. The predicted molar refractivity (Wildman–Crippen MR) is 86.7 cm³/mol. The van der Waals surface area contributed by atoms with E-state index in [1.807, 2.05) is 24.3 Å². The monoisotopic (exact) mass is 309 g/mol. The SMILES string of the molecule is CC(C)c1cccc2c1OCCC(C(=O)N=C(N)N)=C2.Cl. The summed E-state index contributed by atoms with van der Waals surface area (Å²) < 4.78 is 5.81. The van der Waals surface area contributed by atoms with Crippen molar-refractivity contribution in [2.24, 2.45) is 16.5 Å². The first-order chi connectivity index (χ1) is 9.49. The lowest BCUT2D eigenvalue weighted by Crippen LogP contribution is -2.24. The molecule has 0 saturated carbocycles. The maximum absolute atomic E-state index is 11.9. The lowest BCUT2D eigenvalue weighted by Gasteiger charge is -2.14. The van der Waals surface area contributed by atoms with Gasteiger partial charge in [0, 0.05) is 17.6 Å². The first kappa shape index (κ1) is 17.0. The van der Waals surface area contributed by atoms with Gasteiger partial charge < -0.3 is 16.2 Å². The average Bonchev–Trinajstić information content (AvgIpc) is 2.59. The van der Waals surface area contributed by atoms with E-state index in [1.165, 1.54) is 0 Å². The van der Waals surface area contributed by atoms with Gasteiger partial charge in [0.05, 0.1) is 6.61 Å². The van der Waals surface area contributed by atoms with Gasteiger partial charge in [-0.25, -0.2) is 0 Å². The number of hydrogen-bond acceptors (Lipinski definition) is 2. The number of carbonyl (C=O) groups excluding carboxylic acids is 1. The molecule has 0 bridgehead atoms. The Morgan fingerprint density at radius 2 is 2.05 bits per heavy atom. The van der Waals surface area contributed by atoms with Crippen LogP contribution in [-0.2, 0) is 4.79 Å². The van der Waals surface area contributed by atoms with Gasteiger partial charge in [0.25, 0.3) is 5.91 Å². The predicted octanol–water partition coefficient (Wildman–Crippen LogP) is 2.20. The van der Waals surface area contributed by atoms with E-state index in [0.29, 0.717) is 24.5 Å².